The number of rotatable bonds is 3. The van der Waals surface area contributed by atoms with Gasteiger partial charge >= 0.3 is 0 Å². The van der Waals surface area contributed by atoms with E-state index in [1.54, 1.807) is 0 Å². The molecule has 0 spiro atoms. The first kappa shape index (κ1) is 12.3. The van der Waals surface area contributed by atoms with Crippen molar-refractivity contribution in [3.8, 4) is 6.07 Å². The molecule has 0 atom stereocenters. The summed E-state index contributed by atoms with van der Waals surface area (Å²) in [6.45, 7) is 10.3. The second-order valence-corrected chi connectivity index (χ2v) is 10.0. The Morgan fingerprint density at radius 3 is 2.33 bits per heavy atom. The second kappa shape index (κ2) is 4.85. The van der Waals surface area contributed by atoms with Crippen LogP contribution in [0.3, 0.4) is 0 Å². The topological polar surface area (TPSA) is 27.0 Å². The minimum Gasteiger partial charge on any atom is -0.401 e. The fourth-order valence-corrected chi connectivity index (χ4v) is 4.38. The first-order valence-corrected chi connectivity index (χ1v) is 9.35. The van der Waals surface area contributed by atoms with Crippen molar-refractivity contribution in [3.05, 3.63) is 11.3 Å². The fraction of sp³-hybridized carbons (Fsp3) is 0.750. The maximum absolute atomic E-state index is 9.15. The normalized spacial score (nSPS) is 17.5. The van der Waals surface area contributed by atoms with E-state index in [2.05, 4.69) is 37.2 Å². The zero-order valence-electron chi connectivity index (χ0n) is 10.4. The summed E-state index contributed by atoms with van der Waals surface area (Å²) in [6, 6.07) is 2.40. The Kier molecular flexibility index (Phi) is 3.98. The lowest BCUT2D eigenvalue weighted by Gasteiger charge is -2.39. The van der Waals surface area contributed by atoms with E-state index in [4.69, 9.17) is 5.26 Å². The van der Waals surface area contributed by atoms with Crippen molar-refractivity contribution in [1.82, 2.24) is 4.57 Å². The highest BCUT2D eigenvalue weighted by atomic mass is 28.3. The average Bonchev–Trinajstić information content (AvgIpc) is 2.17. The van der Waals surface area contributed by atoms with E-state index >= 15 is 0 Å². The van der Waals surface area contributed by atoms with Crippen LogP contribution in [0, 0.1) is 11.3 Å². The standard InChI is InChI=1S/C12H22N2Si/c1-5-14(15(2,3)4)12-9-7-6-8-11(12)10-13/h5-9H2,1-4H3. The van der Waals surface area contributed by atoms with E-state index < -0.39 is 8.24 Å². The predicted octanol–water partition coefficient (Wildman–Crippen LogP) is 3.49. The molecule has 1 rings (SSSR count). The van der Waals surface area contributed by atoms with Crippen molar-refractivity contribution < 1.29 is 0 Å². The van der Waals surface area contributed by atoms with Crippen LogP contribution in [-0.2, 0) is 0 Å². The zero-order valence-corrected chi connectivity index (χ0v) is 11.4. The summed E-state index contributed by atoms with van der Waals surface area (Å²) in [5, 5.41) is 9.15. The Hall–Kier alpha value is -0.753. The molecular weight excluding hydrogens is 200 g/mol. The van der Waals surface area contributed by atoms with Crippen molar-refractivity contribution in [2.24, 2.45) is 0 Å². The largest absolute Gasteiger partial charge is 0.401 e. The summed E-state index contributed by atoms with van der Waals surface area (Å²) in [7, 11) is -1.31. The molecule has 0 heterocycles. The molecule has 3 heteroatoms. The molecule has 0 aromatic rings. The van der Waals surface area contributed by atoms with Crippen LogP contribution in [-0.4, -0.2) is 19.3 Å². The number of nitriles is 1. The van der Waals surface area contributed by atoms with Crippen LogP contribution in [0.4, 0.5) is 0 Å². The molecule has 0 bridgehead atoms. The number of hydrogen-bond acceptors (Lipinski definition) is 2. The molecule has 0 aromatic heterocycles. The summed E-state index contributed by atoms with van der Waals surface area (Å²) >= 11 is 0. The van der Waals surface area contributed by atoms with E-state index in [1.807, 2.05) is 0 Å². The SMILES string of the molecule is CCN(C1=C(C#N)CCCC1)[Si](C)(C)C. The van der Waals surface area contributed by atoms with Gasteiger partial charge in [0.05, 0.1) is 6.07 Å². The maximum atomic E-state index is 9.15. The molecule has 0 saturated carbocycles. The Balaban J connectivity index is 3.02. The van der Waals surface area contributed by atoms with E-state index in [0.717, 1.165) is 25.0 Å². The third-order valence-corrected chi connectivity index (χ3v) is 5.23. The van der Waals surface area contributed by atoms with Gasteiger partial charge in [-0.25, -0.2) is 0 Å². The number of nitrogens with zero attached hydrogens (tertiary/aromatic N) is 2. The lowest BCUT2D eigenvalue weighted by molar-refractivity contribution is 0.482. The van der Waals surface area contributed by atoms with Crippen molar-refractivity contribution >= 4 is 8.24 Å². The Bertz CT molecular complexity index is 294. The molecule has 0 amide bonds. The van der Waals surface area contributed by atoms with Gasteiger partial charge in [0.25, 0.3) is 0 Å². The van der Waals surface area contributed by atoms with Crippen molar-refractivity contribution in [1.29, 1.82) is 5.26 Å². The number of allylic oxidation sites excluding steroid dienone is 2. The second-order valence-electron chi connectivity index (χ2n) is 5.16. The van der Waals surface area contributed by atoms with Crippen LogP contribution >= 0.6 is 0 Å². The summed E-state index contributed by atoms with van der Waals surface area (Å²) in [6.07, 6.45) is 4.55. The Morgan fingerprint density at radius 2 is 1.87 bits per heavy atom. The quantitative estimate of drug-likeness (QED) is 0.683. The maximum Gasteiger partial charge on any atom is 0.147 e. The van der Waals surface area contributed by atoms with Crippen LogP contribution in [0.15, 0.2) is 11.3 Å². The Morgan fingerprint density at radius 1 is 1.27 bits per heavy atom. The fourth-order valence-electron chi connectivity index (χ4n) is 2.38. The summed E-state index contributed by atoms with van der Waals surface area (Å²) in [5.74, 6) is 0. The monoisotopic (exact) mass is 222 g/mol. The third kappa shape index (κ3) is 2.85. The van der Waals surface area contributed by atoms with Gasteiger partial charge in [0.2, 0.25) is 0 Å². The van der Waals surface area contributed by atoms with Gasteiger partial charge in [0, 0.05) is 17.8 Å². The minimum atomic E-state index is -1.31. The first-order valence-electron chi connectivity index (χ1n) is 5.90. The predicted molar refractivity (Wildman–Crippen MR) is 66.8 cm³/mol. The molecule has 0 aromatic carbocycles. The molecule has 1 aliphatic rings. The van der Waals surface area contributed by atoms with Crippen LogP contribution < -0.4 is 0 Å². The highest BCUT2D eigenvalue weighted by Gasteiger charge is 2.27. The Labute approximate surface area is 94.7 Å². The molecule has 0 unspecified atom stereocenters. The highest BCUT2D eigenvalue weighted by Crippen LogP contribution is 2.30. The molecule has 2 nitrogen and oxygen atoms in total. The molecule has 0 N–H and O–H groups in total. The molecule has 0 saturated heterocycles. The van der Waals surface area contributed by atoms with Crippen LogP contribution in [0.1, 0.15) is 32.6 Å². The van der Waals surface area contributed by atoms with E-state index in [1.165, 1.54) is 18.5 Å². The van der Waals surface area contributed by atoms with Gasteiger partial charge in [0.15, 0.2) is 0 Å². The van der Waals surface area contributed by atoms with Gasteiger partial charge in [-0.1, -0.05) is 19.6 Å². The lowest BCUT2D eigenvalue weighted by Crippen LogP contribution is -2.45. The van der Waals surface area contributed by atoms with Gasteiger partial charge < -0.3 is 4.57 Å². The van der Waals surface area contributed by atoms with Gasteiger partial charge in [-0.3, -0.25) is 0 Å². The summed E-state index contributed by atoms with van der Waals surface area (Å²) in [5.41, 5.74) is 2.40. The first-order chi connectivity index (χ1) is 7.00. The van der Waals surface area contributed by atoms with Gasteiger partial charge in [-0.05, 0) is 32.6 Å². The van der Waals surface area contributed by atoms with E-state index in [-0.39, 0.29) is 0 Å². The highest BCUT2D eigenvalue weighted by molar-refractivity contribution is 6.73. The van der Waals surface area contributed by atoms with Gasteiger partial charge in [0.1, 0.15) is 8.24 Å². The molecule has 0 radical (unpaired) electrons. The molecule has 84 valence electrons. The molecule has 15 heavy (non-hydrogen) atoms. The summed E-state index contributed by atoms with van der Waals surface area (Å²) in [4.78, 5) is 0. The van der Waals surface area contributed by atoms with Crippen molar-refractivity contribution in [2.75, 3.05) is 6.54 Å². The average molecular weight is 222 g/mol. The smallest absolute Gasteiger partial charge is 0.147 e. The van der Waals surface area contributed by atoms with Crippen LogP contribution in [0.2, 0.25) is 19.6 Å². The van der Waals surface area contributed by atoms with Crippen LogP contribution in [0.5, 0.6) is 0 Å². The van der Waals surface area contributed by atoms with Crippen molar-refractivity contribution in [2.45, 2.75) is 52.2 Å². The third-order valence-electron chi connectivity index (χ3n) is 3.03. The lowest BCUT2D eigenvalue weighted by atomic mass is 9.97. The molecule has 0 fully saturated rings. The molecular formula is C12H22N2Si. The minimum absolute atomic E-state index is 0.993. The number of hydrogen-bond donors (Lipinski definition) is 0. The molecule has 0 aliphatic heterocycles. The van der Waals surface area contributed by atoms with E-state index in [9.17, 15) is 0 Å². The molecule has 1 aliphatic carbocycles. The van der Waals surface area contributed by atoms with E-state index in [0.29, 0.717) is 0 Å². The van der Waals surface area contributed by atoms with Crippen LogP contribution in [0.25, 0.3) is 0 Å². The zero-order chi connectivity index (χ0) is 11.5. The van der Waals surface area contributed by atoms with Crippen molar-refractivity contribution in [3.63, 3.8) is 0 Å². The van der Waals surface area contributed by atoms with Gasteiger partial charge in [-0.15, -0.1) is 0 Å². The summed E-state index contributed by atoms with van der Waals surface area (Å²) < 4.78 is 2.52. The van der Waals surface area contributed by atoms with Gasteiger partial charge in [-0.2, -0.15) is 5.26 Å².